The van der Waals surface area contributed by atoms with Gasteiger partial charge < -0.3 is 4.74 Å². The molecule has 168 valence electrons. The van der Waals surface area contributed by atoms with Crippen molar-refractivity contribution in [3.63, 3.8) is 0 Å². The highest BCUT2D eigenvalue weighted by molar-refractivity contribution is 6.35. The fraction of sp³-hybridized carbons (Fsp3) is 0.0385. The zero-order chi connectivity index (χ0) is 24.1. The molecule has 0 radical (unpaired) electrons. The largest absolute Gasteiger partial charge is 0.488 e. The highest BCUT2D eigenvalue weighted by Gasteiger charge is 2.13. The number of carbonyl (C=O) groups excluding carboxylic acids is 1. The van der Waals surface area contributed by atoms with E-state index in [1.165, 1.54) is 18.3 Å². The Morgan fingerprint density at radius 2 is 1.91 bits per heavy atom. The van der Waals surface area contributed by atoms with E-state index in [0.29, 0.717) is 21.4 Å². The van der Waals surface area contributed by atoms with Crippen molar-refractivity contribution in [2.45, 2.75) is 6.61 Å². The van der Waals surface area contributed by atoms with Gasteiger partial charge in [-0.3, -0.25) is 4.79 Å². The molecular weight excluding hydrogens is 476 g/mol. The van der Waals surface area contributed by atoms with Crippen molar-refractivity contribution < 1.29 is 13.9 Å². The number of nitriles is 1. The summed E-state index contributed by atoms with van der Waals surface area (Å²) in [5, 5.41) is 15.7. The molecule has 1 amide bonds. The van der Waals surface area contributed by atoms with Crippen LogP contribution >= 0.6 is 23.2 Å². The Kier molecular flexibility index (Phi) is 7.07. The van der Waals surface area contributed by atoms with E-state index in [9.17, 15) is 9.18 Å². The Balaban J connectivity index is 1.59. The van der Waals surface area contributed by atoms with Gasteiger partial charge in [0.2, 0.25) is 0 Å². The van der Waals surface area contributed by atoms with Crippen LogP contribution in [0.5, 0.6) is 5.75 Å². The van der Waals surface area contributed by atoms with E-state index in [0.717, 1.165) is 22.4 Å². The average Bonchev–Trinajstić information content (AvgIpc) is 2.84. The summed E-state index contributed by atoms with van der Waals surface area (Å²) in [5.41, 5.74) is 3.61. The molecule has 0 aromatic heterocycles. The van der Waals surface area contributed by atoms with Gasteiger partial charge in [0.05, 0.1) is 23.4 Å². The number of halogens is 3. The Bertz CT molecular complexity index is 1460. The molecule has 0 saturated carbocycles. The van der Waals surface area contributed by atoms with Crippen LogP contribution in [0.25, 0.3) is 10.8 Å². The number of hydrazone groups is 1. The van der Waals surface area contributed by atoms with Crippen molar-refractivity contribution >= 4 is 46.1 Å². The van der Waals surface area contributed by atoms with Gasteiger partial charge in [0.1, 0.15) is 18.2 Å². The number of fused-ring (bicyclic) bond motifs is 1. The second kappa shape index (κ2) is 10.3. The van der Waals surface area contributed by atoms with E-state index >= 15 is 0 Å². The first-order valence-corrected chi connectivity index (χ1v) is 10.8. The summed E-state index contributed by atoms with van der Waals surface area (Å²) in [6.45, 7) is 0.192. The number of rotatable bonds is 6. The van der Waals surface area contributed by atoms with Gasteiger partial charge >= 0.3 is 0 Å². The smallest absolute Gasteiger partial charge is 0.274 e. The van der Waals surface area contributed by atoms with Crippen LogP contribution in [-0.2, 0) is 6.61 Å². The molecule has 0 aliphatic heterocycles. The monoisotopic (exact) mass is 491 g/mol. The molecule has 5 nitrogen and oxygen atoms in total. The predicted molar refractivity (Wildman–Crippen MR) is 131 cm³/mol. The van der Waals surface area contributed by atoms with Gasteiger partial charge in [-0.2, -0.15) is 10.4 Å². The molecule has 0 bridgehead atoms. The van der Waals surface area contributed by atoms with Crippen LogP contribution in [0.2, 0.25) is 10.0 Å². The number of hydrogen-bond acceptors (Lipinski definition) is 4. The molecule has 0 fully saturated rings. The lowest BCUT2D eigenvalue weighted by atomic mass is 10.0. The third kappa shape index (κ3) is 5.18. The standard InChI is InChI=1S/C26H16Cl2FN3O2/c27-19-8-6-18(23(28)12-19)15-34-25-10-7-17-3-1-2-4-20(17)22(25)14-31-32-26(33)21-9-5-16(13-30)11-24(21)29/h1-12,14H,15H2,(H,32,33)/b31-14+. The molecule has 34 heavy (non-hydrogen) atoms. The third-order valence-corrected chi connectivity index (χ3v) is 5.62. The van der Waals surface area contributed by atoms with E-state index in [4.69, 9.17) is 33.2 Å². The van der Waals surface area contributed by atoms with Gasteiger partial charge in [-0.25, -0.2) is 9.82 Å². The third-order valence-electron chi connectivity index (χ3n) is 5.03. The predicted octanol–water partition coefficient (Wildman–Crippen LogP) is 6.50. The summed E-state index contributed by atoms with van der Waals surface area (Å²) >= 11 is 12.2. The molecule has 1 N–H and O–H groups in total. The maximum absolute atomic E-state index is 14.1. The van der Waals surface area contributed by atoms with E-state index in [-0.39, 0.29) is 17.7 Å². The van der Waals surface area contributed by atoms with Crippen molar-refractivity contribution in [3.05, 3.63) is 111 Å². The van der Waals surface area contributed by atoms with E-state index in [2.05, 4.69) is 10.5 Å². The van der Waals surface area contributed by atoms with Crippen LogP contribution < -0.4 is 10.2 Å². The highest BCUT2D eigenvalue weighted by atomic mass is 35.5. The lowest BCUT2D eigenvalue weighted by molar-refractivity contribution is 0.0951. The lowest BCUT2D eigenvalue weighted by Gasteiger charge is -2.13. The second-order valence-electron chi connectivity index (χ2n) is 7.23. The van der Waals surface area contributed by atoms with Gasteiger partial charge in [-0.1, -0.05) is 59.6 Å². The molecule has 0 unspecified atom stereocenters. The molecule has 4 aromatic rings. The number of nitrogens with one attached hydrogen (secondary N) is 1. The normalized spacial score (nSPS) is 10.9. The summed E-state index contributed by atoms with van der Waals surface area (Å²) < 4.78 is 20.1. The van der Waals surface area contributed by atoms with Crippen molar-refractivity contribution in [2.24, 2.45) is 5.10 Å². The topological polar surface area (TPSA) is 74.5 Å². The van der Waals surface area contributed by atoms with E-state index in [1.807, 2.05) is 36.4 Å². The van der Waals surface area contributed by atoms with Crippen molar-refractivity contribution in [2.75, 3.05) is 0 Å². The number of benzene rings is 4. The van der Waals surface area contributed by atoms with E-state index < -0.39 is 11.7 Å². The average molecular weight is 492 g/mol. The molecule has 4 rings (SSSR count). The zero-order valence-corrected chi connectivity index (χ0v) is 19.1. The molecule has 0 aliphatic carbocycles. The summed E-state index contributed by atoms with van der Waals surface area (Å²) in [6, 6.07) is 21.9. The van der Waals surface area contributed by atoms with Crippen LogP contribution in [0.3, 0.4) is 0 Å². The van der Waals surface area contributed by atoms with Crippen molar-refractivity contribution in [1.82, 2.24) is 5.43 Å². The molecule has 4 aromatic carbocycles. The summed E-state index contributed by atoms with van der Waals surface area (Å²) in [6.07, 6.45) is 1.45. The number of amides is 1. The van der Waals surface area contributed by atoms with Gasteiger partial charge in [0.25, 0.3) is 5.91 Å². The van der Waals surface area contributed by atoms with Gasteiger partial charge in [0.15, 0.2) is 0 Å². The SMILES string of the molecule is N#Cc1ccc(C(=O)N/N=C/c2c(OCc3ccc(Cl)cc3Cl)ccc3ccccc23)c(F)c1. The Morgan fingerprint density at radius 1 is 1.09 bits per heavy atom. The van der Waals surface area contributed by atoms with Crippen LogP contribution in [0.4, 0.5) is 4.39 Å². The van der Waals surface area contributed by atoms with Crippen LogP contribution in [0, 0.1) is 17.1 Å². The van der Waals surface area contributed by atoms with Gasteiger partial charge in [-0.15, -0.1) is 0 Å². The zero-order valence-electron chi connectivity index (χ0n) is 17.6. The highest BCUT2D eigenvalue weighted by Crippen LogP contribution is 2.29. The lowest BCUT2D eigenvalue weighted by Crippen LogP contribution is -2.19. The maximum atomic E-state index is 14.1. The van der Waals surface area contributed by atoms with Crippen LogP contribution in [-0.4, -0.2) is 12.1 Å². The minimum Gasteiger partial charge on any atom is -0.488 e. The van der Waals surface area contributed by atoms with E-state index in [1.54, 1.807) is 24.3 Å². The molecule has 0 heterocycles. The number of ether oxygens (including phenoxy) is 1. The number of nitrogens with zero attached hydrogens (tertiary/aromatic N) is 2. The summed E-state index contributed by atoms with van der Waals surface area (Å²) in [5.74, 6) is -1.03. The second-order valence-corrected chi connectivity index (χ2v) is 8.07. The van der Waals surface area contributed by atoms with Crippen molar-refractivity contribution in [1.29, 1.82) is 5.26 Å². The number of hydrogen-bond donors (Lipinski definition) is 1. The summed E-state index contributed by atoms with van der Waals surface area (Å²) in [7, 11) is 0. The molecule has 0 atom stereocenters. The molecule has 0 aliphatic rings. The summed E-state index contributed by atoms with van der Waals surface area (Å²) in [4.78, 5) is 12.4. The minimum absolute atomic E-state index is 0.121. The molecule has 0 saturated heterocycles. The first kappa shape index (κ1) is 23.2. The first-order chi connectivity index (χ1) is 16.5. The van der Waals surface area contributed by atoms with Crippen LogP contribution in [0.1, 0.15) is 27.0 Å². The fourth-order valence-corrected chi connectivity index (χ4v) is 3.78. The maximum Gasteiger partial charge on any atom is 0.274 e. The molecule has 8 heteroatoms. The Labute approximate surface area is 205 Å². The Hall–Kier alpha value is -3.92. The molecule has 0 spiro atoms. The van der Waals surface area contributed by atoms with Crippen molar-refractivity contribution in [3.8, 4) is 11.8 Å². The fourth-order valence-electron chi connectivity index (χ4n) is 3.31. The van der Waals surface area contributed by atoms with Gasteiger partial charge in [0, 0.05) is 21.2 Å². The Morgan fingerprint density at radius 3 is 2.68 bits per heavy atom. The number of carbonyl (C=O) groups is 1. The first-order valence-electron chi connectivity index (χ1n) is 10.1. The minimum atomic E-state index is -0.805. The van der Waals surface area contributed by atoms with Gasteiger partial charge in [-0.05, 0) is 47.2 Å². The van der Waals surface area contributed by atoms with Crippen LogP contribution in [0.15, 0.2) is 77.9 Å². The molecular formula is C26H16Cl2FN3O2. The quantitative estimate of drug-likeness (QED) is 0.247.